The maximum atomic E-state index is 11.3. The fourth-order valence-corrected chi connectivity index (χ4v) is 2.51. The van der Waals surface area contributed by atoms with E-state index in [1.54, 1.807) is 18.2 Å². The summed E-state index contributed by atoms with van der Waals surface area (Å²) < 4.78 is 5.22. The SMILES string of the molecule is CCC(C(=O)O)C1(c2cccc(O)c2)COC1. The van der Waals surface area contributed by atoms with Crippen molar-refractivity contribution < 1.29 is 19.7 Å². The van der Waals surface area contributed by atoms with Gasteiger partial charge in [-0.2, -0.15) is 0 Å². The van der Waals surface area contributed by atoms with E-state index in [4.69, 9.17) is 4.74 Å². The molecule has 17 heavy (non-hydrogen) atoms. The van der Waals surface area contributed by atoms with Crippen LogP contribution in [0.2, 0.25) is 0 Å². The van der Waals surface area contributed by atoms with Crippen molar-refractivity contribution in [2.45, 2.75) is 18.8 Å². The second-order valence-corrected chi connectivity index (χ2v) is 4.50. The number of carboxylic acids is 1. The summed E-state index contributed by atoms with van der Waals surface area (Å²) in [4.78, 5) is 11.3. The predicted molar refractivity (Wildman–Crippen MR) is 62.0 cm³/mol. The van der Waals surface area contributed by atoms with Crippen LogP contribution in [0.5, 0.6) is 5.75 Å². The fraction of sp³-hybridized carbons (Fsp3) is 0.462. The Balaban J connectivity index is 2.40. The van der Waals surface area contributed by atoms with Gasteiger partial charge in [-0.15, -0.1) is 0 Å². The largest absolute Gasteiger partial charge is 0.508 e. The van der Waals surface area contributed by atoms with E-state index < -0.39 is 17.3 Å². The van der Waals surface area contributed by atoms with Gasteiger partial charge in [-0.3, -0.25) is 4.79 Å². The molecule has 0 aliphatic carbocycles. The fourth-order valence-electron chi connectivity index (χ4n) is 2.51. The van der Waals surface area contributed by atoms with Crippen molar-refractivity contribution in [1.29, 1.82) is 0 Å². The number of hydrogen-bond acceptors (Lipinski definition) is 3. The van der Waals surface area contributed by atoms with E-state index >= 15 is 0 Å². The average molecular weight is 236 g/mol. The molecule has 1 aromatic rings. The summed E-state index contributed by atoms with van der Waals surface area (Å²) in [5.74, 6) is -1.12. The molecular weight excluding hydrogens is 220 g/mol. The molecule has 2 rings (SSSR count). The first-order valence-corrected chi connectivity index (χ1v) is 5.70. The Morgan fingerprint density at radius 1 is 1.53 bits per heavy atom. The first-order chi connectivity index (χ1) is 8.10. The standard InChI is InChI=1S/C13H16O4/c1-2-11(12(15)16)13(7-17-8-13)9-4-3-5-10(14)6-9/h3-6,11,14H,2,7-8H2,1H3,(H,15,16). The van der Waals surface area contributed by atoms with Crippen LogP contribution in [0, 0.1) is 5.92 Å². The molecule has 1 aliphatic rings. The molecule has 1 fully saturated rings. The van der Waals surface area contributed by atoms with Gasteiger partial charge in [0.1, 0.15) is 5.75 Å². The number of carboxylic acid groups (broad SMARTS) is 1. The van der Waals surface area contributed by atoms with Gasteiger partial charge in [0.25, 0.3) is 0 Å². The van der Waals surface area contributed by atoms with Crippen molar-refractivity contribution in [3.05, 3.63) is 29.8 Å². The lowest BCUT2D eigenvalue weighted by atomic mass is 9.67. The van der Waals surface area contributed by atoms with Crippen molar-refractivity contribution in [2.24, 2.45) is 5.92 Å². The highest BCUT2D eigenvalue weighted by atomic mass is 16.5. The van der Waals surface area contributed by atoms with Crippen LogP contribution in [0.1, 0.15) is 18.9 Å². The molecule has 0 bridgehead atoms. The van der Waals surface area contributed by atoms with Gasteiger partial charge < -0.3 is 14.9 Å². The van der Waals surface area contributed by atoms with Crippen LogP contribution >= 0.6 is 0 Å². The summed E-state index contributed by atoms with van der Waals surface area (Å²) in [6.45, 7) is 2.67. The van der Waals surface area contributed by atoms with Gasteiger partial charge >= 0.3 is 5.97 Å². The maximum Gasteiger partial charge on any atom is 0.307 e. The van der Waals surface area contributed by atoms with Crippen LogP contribution in [0.3, 0.4) is 0 Å². The third-order valence-electron chi connectivity index (χ3n) is 3.51. The molecule has 0 amide bonds. The van der Waals surface area contributed by atoms with Gasteiger partial charge in [0.05, 0.1) is 24.5 Å². The first kappa shape index (κ1) is 11.9. The Morgan fingerprint density at radius 3 is 2.65 bits per heavy atom. The van der Waals surface area contributed by atoms with Gasteiger partial charge in [0.2, 0.25) is 0 Å². The lowest BCUT2D eigenvalue weighted by Gasteiger charge is -2.45. The first-order valence-electron chi connectivity index (χ1n) is 5.70. The smallest absolute Gasteiger partial charge is 0.307 e. The zero-order valence-electron chi connectivity index (χ0n) is 9.72. The van der Waals surface area contributed by atoms with Crippen molar-refractivity contribution in [3.8, 4) is 5.75 Å². The van der Waals surface area contributed by atoms with Crippen molar-refractivity contribution in [3.63, 3.8) is 0 Å². The summed E-state index contributed by atoms with van der Waals surface area (Å²) >= 11 is 0. The van der Waals surface area contributed by atoms with Crippen molar-refractivity contribution >= 4 is 5.97 Å². The Hall–Kier alpha value is -1.55. The van der Waals surface area contributed by atoms with Crippen LogP contribution in [-0.2, 0) is 14.9 Å². The Morgan fingerprint density at radius 2 is 2.24 bits per heavy atom. The van der Waals surface area contributed by atoms with Gasteiger partial charge in [0, 0.05) is 0 Å². The molecular formula is C13H16O4. The molecule has 0 saturated carbocycles. The summed E-state index contributed by atoms with van der Waals surface area (Å²) in [7, 11) is 0. The van der Waals surface area contributed by atoms with Crippen LogP contribution in [0.25, 0.3) is 0 Å². The van der Waals surface area contributed by atoms with Crippen LogP contribution in [0.15, 0.2) is 24.3 Å². The Kier molecular flexibility index (Phi) is 3.07. The lowest BCUT2D eigenvalue weighted by molar-refractivity contribution is -0.157. The van der Waals surface area contributed by atoms with Gasteiger partial charge in [-0.1, -0.05) is 19.1 Å². The Labute approximate surface area is 99.8 Å². The third kappa shape index (κ3) is 1.89. The summed E-state index contributed by atoms with van der Waals surface area (Å²) in [5.41, 5.74) is 0.359. The number of phenols is 1. The van der Waals surface area contributed by atoms with Gasteiger partial charge in [-0.05, 0) is 24.1 Å². The number of benzene rings is 1. The monoisotopic (exact) mass is 236 g/mol. The minimum Gasteiger partial charge on any atom is -0.508 e. The van der Waals surface area contributed by atoms with Crippen LogP contribution in [0.4, 0.5) is 0 Å². The van der Waals surface area contributed by atoms with E-state index in [1.807, 2.05) is 13.0 Å². The second-order valence-electron chi connectivity index (χ2n) is 4.50. The molecule has 0 radical (unpaired) electrons. The molecule has 0 aromatic heterocycles. The highest BCUT2D eigenvalue weighted by molar-refractivity contribution is 5.73. The number of phenolic OH excluding ortho intramolecular Hbond substituents is 1. The summed E-state index contributed by atoms with van der Waals surface area (Å²) in [5, 5.41) is 18.8. The topological polar surface area (TPSA) is 66.8 Å². The number of aromatic hydroxyl groups is 1. The normalized spacial score (nSPS) is 19.4. The van der Waals surface area contributed by atoms with E-state index in [0.717, 1.165) is 5.56 Å². The maximum absolute atomic E-state index is 11.3. The van der Waals surface area contributed by atoms with E-state index in [9.17, 15) is 15.0 Å². The zero-order chi connectivity index (χ0) is 12.5. The number of aliphatic carboxylic acids is 1. The minimum atomic E-state index is -0.806. The predicted octanol–water partition coefficient (Wildman–Crippen LogP) is 1.77. The second kappa shape index (κ2) is 4.37. The van der Waals surface area contributed by atoms with Gasteiger partial charge in [0.15, 0.2) is 0 Å². The third-order valence-corrected chi connectivity index (χ3v) is 3.51. The van der Waals surface area contributed by atoms with Crippen molar-refractivity contribution in [1.82, 2.24) is 0 Å². The summed E-state index contributed by atoms with van der Waals surface area (Å²) in [6.07, 6.45) is 0.550. The number of carbonyl (C=O) groups is 1. The van der Waals surface area contributed by atoms with E-state index in [2.05, 4.69) is 0 Å². The molecule has 1 aliphatic heterocycles. The van der Waals surface area contributed by atoms with E-state index in [1.165, 1.54) is 0 Å². The lowest BCUT2D eigenvalue weighted by Crippen LogP contribution is -2.54. The Bertz CT molecular complexity index is 423. The van der Waals surface area contributed by atoms with Crippen molar-refractivity contribution in [2.75, 3.05) is 13.2 Å². The minimum absolute atomic E-state index is 0.161. The van der Waals surface area contributed by atoms with E-state index in [0.29, 0.717) is 19.6 Å². The molecule has 2 N–H and O–H groups in total. The molecule has 4 nitrogen and oxygen atoms in total. The van der Waals surface area contributed by atoms with Gasteiger partial charge in [-0.25, -0.2) is 0 Å². The van der Waals surface area contributed by atoms with E-state index in [-0.39, 0.29) is 5.75 Å². The molecule has 92 valence electrons. The molecule has 1 aromatic carbocycles. The number of ether oxygens (including phenoxy) is 1. The molecule has 1 atom stereocenters. The molecule has 4 heteroatoms. The summed E-state index contributed by atoms with van der Waals surface area (Å²) in [6, 6.07) is 6.81. The van der Waals surface area contributed by atoms with Crippen LogP contribution < -0.4 is 0 Å². The highest BCUT2D eigenvalue weighted by Gasteiger charge is 2.49. The average Bonchev–Trinajstić information content (AvgIpc) is 2.22. The quantitative estimate of drug-likeness (QED) is 0.836. The molecule has 1 unspecified atom stereocenters. The zero-order valence-corrected chi connectivity index (χ0v) is 9.72. The number of rotatable bonds is 4. The molecule has 0 spiro atoms. The highest BCUT2D eigenvalue weighted by Crippen LogP contribution is 2.42. The number of hydrogen-bond donors (Lipinski definition) is 2. The van der Waals surface area contributed by atoms with Crippen LogP contribution in [-0.4, -0.2) is 29.4 Å². The molecule has 1 saturated heterocycles. The molecule has 1 heterocycles.